The molecule has 0 bridgehead atoms. The Hall–Kier alpha value is -2.64. The first-order valence-corrected chi connectivity index (χ1v) is 10.8. The van der Waals surface area contributed by atoms with E-state index in [9.17, 15) is 13.2 Å². The molecular weight excluding hydrogens is 374 g/mol. The second kappa shape index (κ2) is 8.58. The zero-order chi connectivity index (χ0) is 20.1. The van der Waals surface area contributed by atoms with Gasteiger partial charge in [-0.3, -0.25) is 4.79 Å². The topological polar surface area (TPSA) is 82.3 Å². The summed E-state index contributed by atoms with van der Waals surface area (Å²) in [6, 6.07) is 14.2. The van der Waals surface area contributed by atoms with Gasteiger partial charge in [0.15, 0.2) is 0 Å². The largest absolute Gasteiger partial charge is 0.361 e. The normalized spacial score (nSPS) is 11.8. The van der Waals surface area contributed by atoms with E-state index in [0.29, 0.717) is 31.6 Å². The lowest BCUT2D eigenvalue weighted by Gasteiger charge is -2.18. The van der Waals surface area contributed by atoms with Gasteiger partial charge in [-0.25, -0.2) is 8.42 Å². The molecule has 28 heavy (non-hydrogen) atoms. The molecule has 0 saturated carbocycles. The maximum Gasteiger partial charge on any atom is 0.251 e. The van der Waals surface area contributed by atoms with Gasteiger partial charge in [0.2, 0.25) is 10.0 Å². The summed E-state index contributed by atoms with van der Waals surface area (Å²) in [5.41, 5.74) is 2.54. The Morgan fingerprint density at radius 2 is 1.82 bits per heavy atom. The molecule has 0 fully saturated rings. The number of amides is 1. The molecule has 0 unspecified atom stereocenters. The van der Waals surface area contributed by atoms with Crippen LogP contribution < -0.4 is 5.32 Å². The van der Waals surface area contributed by atoms with E-state index in [1.54, 1.807) is 26.0 Å². The van der Waals surface area contributed by atoms with E-state index in [1.807, 2.05) is 30.5 Å². The van der Waals surface area contributed by atoms with Crippen LogP contribution in [-0.2, 0) is 16.4 Å². The van der Waals surface area contributed by atoms with Gasteiger partial charge in [0.05, 0.1) is 4.90 Å². The van der Waals surface area contributed by atoms with Crippen molar-refractivity contribution in [3.05, 3.63) is 65.9 Å². The van der Waals surface area contributed by atoms with E-state index in [4.69, 9.17) is 0 Å². The number of hydrogen-bond acceptors (Lipinski definition) is 3. The number of nitrogens with zero attached hydrogens (tertiary/aromatic N) is 1. The van der Waals surface area contributed by atoms with Crippen LogP contribution in [0.4, 0.5) is 0 Å². The molecule has 0 spiro atoms. The van der Waals surface area contributed by atoms with Crippen LogP contribution in [0.1, 0.15) is 29.8 Å². The molecule has 1 aromatic heterocycles. The maximum absolute atomic E-state index is 12.7. The van der Waals surface area contributed by atoms with E-state index in [-0.39, 0.29) is 10.8 Å². The highest BCUT2D eigenvalue weighted by Crippen LogP contribution is 2.18. The number of carbonyl (C=O) groups excluding carboxylic acids is 1. The molecule has 1 heterocycles. The molecule has 0 aliphatic carbocycles. The van der Waals surface area contributed by atoms with Gasteiger partial charge in [-0.1, -0.05) is 38.1 Å². The number of sulfonamides is 1. The van der Waals surface area contributed by atoms with E-state index in [1.165, 1.54) is 16.4 Å². The molecule has 148 valence electrons. The Bertz CT molecular complexity index is 1070. The van der Waals surface area contributed by atoms with Crippen LogP contribution in [0, 0.1) is 0 Å². The van der Waals surface area contributed by atoms with Gasteiger partial charge in [0.25, 0.3) is 5.91 Å². The minimum absolute atomic E-state index is 0.139. The van der Waals surface area contributed by atoms with Crippen LogP contribution in [0.25, 0.3) is 10.9 Å². The molecule has 7 heteroatoms. The first kappa shape index (κ1) is 20.1. The summed E-state index contributed by atoms with van der Waals surface area (Å²) >= 11 is 0. The molecule has 0 radical (unpaired) electrons. The van der Waals surface area contributed by atoms with Crippen molar-refractivity contribution in [2.24, 2.45) is 0 Å². The van der Waals surface area contributed by atoms with E-state index < -0.39 is 10.0 Å². The standard InChI is InChI=1S/C21H25N3O3S/c1-3-24(4-2)28(26,27)18-9-7-8-16(14-18)21(25)22-13-12-17-15-23-20-11-6-5-10-19(17)20/h5-11,14-15,23H,3-4,12-13H2,1-2H3,(H,22,25). The zero-order valence-corrected chi connectivity index (χ0v) is 16.9. The summed E-state index contributed by atoms with van der Waals surface area (Å²) in [5.74, 6) is -0.281. The van der Waals surface area contributed by atoms with Gasteiger partial charge in [0, 0.05) is 42.3 Å². The van der Waals surface area contributed by atoms with Gasteiger partial charge >= 0.3 is 0 Å². The van der Waals surface area contributed by atoms with Crippen LogP contribution in [0.3, 0.4) is 0 Å². The number of benzene rings is 2. The molecule has 0 aliphatic heterocycles. The SMILES string of the molecule is CCN(CC)S(=O)(=O)c1cccc(C(=O)NCCc2c[nH]c3ccccc23)c1. The summed E-state index contributed by atoms with van der Waals surface area (Å²) in [7, 11) is -3.59. The first-order valence-electron chi connectivity index (χ1n) is 9.40. The lowest BCUT2D eigenvalue weighted by Crippen LogP contribution is -2.31. The highest BCUT2D eigenvalue weighted by Gasteiger charge is 2.22. The smallest absolute Gasteiger partial charge is 0.251 e. The summed E-state index contributed by atoms with van der Waals surface area (Å²) in [6.07, 6.45) is 2.64. The third kappa shape index (κ3) is 4.10. The minimum atomic E-state index is -3.59. The summed E-state index contributed by atoms with van der Waals surface area (Å²) in [4.78, 5) is 15.9. The number of fused-ring (bicyclic) bond motifs is 1. The van der Waals surface area contributed by atoms with Crippen molar-refractivity contribution in [1.29, 1.82) is 0 Å². The third-order valence-corrected chi connectivity index (χ3v) is 6.84. The number of nitrogens with one attached hydrogen (secondary N) is 2. The molecule has 1 amide bonds. The number of hydrogen-bond donors (Lipinski definition) is 2. The Labute approximate surface area is 165 Å². The second-order valence-electron chi connectivity index (χ2n) is 6.48. The Morgan fingerprint density at radius 1 is 1.07 bits per heavy atom. The van der Waals surface area contributed by atoms with E-state index in [2.05, 4.69) is 10.3 Å². The number of H-pyrrole nitrogens is 1. The monoisotopic (exact) mass is 399 g/mol. The van der Waals surface area contributed by atoms with Crippen molar-refractivity contribution in [2.75, 3.05) is 19.6 Å². The number of para-hydroxylation sites is 1. The number of rotatable bonds is 8. The number of aromatic amines is 1. The van der Waals surface area contributed by atoms with Crippen molar-refractivity contribution in [3.63, 3.8) is 0 Å². The minimum Gasteiger partial charge on any atom is -0.361 e. The molecule has 3 aromatic rings. The summed E-state index contributed by atoms with van der Waals surface area (Å²) in [5, 5.41) is 4.02. The predicted octanol–water partition coefficient (Wildman–Crippen LogP) is 3.17. The highest BCUT2D eigenvalue weighted by molar-refractivity contribution is 7.89. The zero-order valence-electron chi connectivity index (χ0n) is 16.1. The number of carbonyl (C=O) groups is 1. The lowest BCUT2D eigenvalue weighted by molar-refractivity contribution is 0.0954. The molecule has 2 aromatic carbocycles. The predicted molar refractivity (Wildman–Crippen MR) is 111 cm³/mol. The molecule has 0 aliphatic rings. The fraction of sp³-hybridized carbons (Fsp3) is 0.286. The van der Waals surface area contributed by atoms with Crippen LogP contribution in [-0.4, -0.2) is 43.2 Å². The molecule has 2 N–H and O–H groups in total. The van der Waals surface area contributed by atoms with Crippen LogP contribution >= 0.6 is 0 Å². The Balaban J connectivity index is 1.68. The fourth-order valence-electron chi connectivity index (χ4n) is 3.26. The van der Waals surface area contributed by atoms with E-state index >= 15 is 0 Å². The Morgan fingerprint density at radius 3 is 2.57 bits per heavy atom. The lowest BCUT2D eigenvalue weighted by atomic mass is 10.1. The average molecular weight is 400 g/mol. The molecular formula is C21H25N3O3S. The average Bonchev–Trinajstić information content (AvgIpc) is 3.12. The van der Waals surface area contributed by atoms with Gasteiger partial charge in [-0.2, -0.15) is 4.31 Å². The quantitative estimate of drug-likeness (QED) is 0.610. The molecule has 0 saturated heterocycles. The van der Waals surface area contributed by atoms with Gasteiger partial charge < -0.3 is 10.3 Å². The van der Waals surface area contributed by atoms with Crippen LogP contribution in [0.5, 0.6) is 0 Å². The van der Waals surface area contributed by atoms with Crippen molar-refractivity contribution < 1.29 is 13.2 Å². The van der Waals surface area contributed by atoms with Crippen molar-refractivity contribution in [3.8, 4) is 0 Å². The van der Waals surface area contributed by atoms with Gasteiger partial charge in [-0.15, -0.1) is 0 Å². The van der Waals surface area contributed by atoms with E-state index in [0.717, 1.165) is 16.5 Å². The van der Waals surface area contributed by atoms with Crippen molar-refractivity contribution in [2.45, 2.75) is 25.2 Å². The molecule has 0 atom stereocenters. The third-order valence-electron chi connectivity index (χ3n) is 4.79. The molecule has 6 nitrogen and oxygen atoms in total. The second-order valence-corrected chi connectivity index (χ2v) is 8.42. The van der Waals surface area contributed by atoms with Gasteiger partial charge in [-0.05, 0) is 36.2 Å². The summed E-state index contributed by atoms with van der Waals surface area (Å²) < 4.78 is 26.7. The van der Waals surface area contributed by atoms with Crippen molar-refractivity contribution >= 4 is 26.8 Å². The Kier molecular flexibility index (Phi) is 6.16. The fourth-order valence-corrected chi connectivity index (χ4v) is 4.77. The maximum atomic E-state index is 12.7. The van der Waals surface area contributed by atoms with Gasteiger partial charge in [0.1, 0.15) is 0 Å². The number of aromatic nitrogens is 1. The van der Waals surface area contributed by atoms with Crippen LogP contribution in [0.2, 0.25) is 0 Å². The first-order chi connectivity index (χ1) is 13.5. The highest BCUT2D eigenvalue weighted by atomic mass is 32.2. The van der Waals surface area contributed by atoms with Crippen LogP contribution in [0.15, 0.2) is 59.6 Å². The van der Waals surface area contributed by atoms with Crippen molar-refractivity contribution in [1.82, 2.24) is 14.6 Å². The molecule has 3 rings (SSSR count). The summed E-state index contributed by atoms with van der Waals surface area (Å²) in [6.45, 7) is 4.83.